The van der Waals surface area contributed by atoms with Gasteiger partial charge < -0.3 is 5.21 Å². The van der Waals surface area contributed by atoms with Crippen LogP contribution in [-0.2, 0) is 0 Å². The first-order valence-corrected chi connectivity index (χ1v) is 2.42. The Labute approximate surface area is 35.9 Å². The summed E-state index contributed by atoms with van der Waals surface area (Å²) < 4.78 is 1.04. The van der Waals surface area contributed by atoms with Crippen LogP contribution in [0.5, 0.6) is 0 Å². The molecule has 0 aliphatic heterocycles. The summed E-state index contributed by atoms with van der Waals surface area (Å²) in [6.07, 6.45) is 1.79. The Hall–Kier alpha value is 0.270. The molecule has 0 aromatic carbocycles. The van der Waals surface area contributed by atoms with Crippen molar-refractivity contribution in [1.29, 1.82) is 0 Å². The third kappa shape index (κ3) is 4.27. The van der Waals surface area contributed by atoms with E-state index >= 15 is 0 Å². The first-order chi connectivity index (χ1) is 2.27. The van der Waals surface area contributed by atoms with Crippen LogP contribution in [0.25, 0.3) is 0 Å². The van der Waals surface area contributed by atoms with Crippen LogP contribution >= 0.6 is 11.9 Å². The van der Waals surface area contributed by atoms with E-state index < -0.39 is 0 Å². The molecule has 0 aromatic rings. The molecule has 3 heteroatoms. The number of nitrogens with zero attached hydrogens (tertiary/aromatic N) is 1. The molecule has 2 nitrogen and oxygen atoms in total. The quantitative estimate of drug-likeness (QED) is 0.379. The lowest BCUT2D eigenvalue weighted by Crippen LogP contribution is -1.97. The van der Waals surface area contributed by atoms with Crippen molar-refractivity contribution in [2.75, 3.05) is 13.3 Å². The Morgan fingerprint density at radius 1 is 1.80 bits per heavy atom. The molecule has 0 aliphatic rings. The second-order valence-corrected chi connectivity index (χ2v) is 1.54. The van der Waals surface area contributed by atoms with E-state index in [0.29, 0.717) is 0 Å². The van der Waals surface area contributed by atoms with Gasteiger partial charge in [0.15, 0.2) is 0 Å². The van der Waals surface area contributed by atoms with Crippen molar-refractivity contribution >= 4 is 11.9 Å². The molecule has 0 aromatic heterocycles. The number of rotatable bonds is 1. The zero-order valence-corrected chi connectivity index (χ0v) is 4.12. The fourth-order valence-corrected chi connectivity index (χ4v) is 0. The van der Waals surface area contributed by atoms with E-state index in [9.17, 15) is 0 Å². The van der Waals surface area contributed by atoms with Crippen LogP contribution in [0, 0.1) is 0 Å². The van der Waals surface area contributed by atoms with Crippen molar-refractivity contribution < 1.29 is 5.21 Å². The van der Waals surface area contributed by atoms with Crippen LogP contribution in [0.4, 0.5) is 0 Å². The first-order valence-electron chi connectivity index (χ1n) is 1.24. The van der Waals surface area contributed by atoms with Gasteiger partial charge in [-0.05, 0) is 6.26 Å². The van der Waals surface area contributed by atoms with Crippen LogP contribution in [0.15, 0.2) is 0 Å². The van der Waals surface area contributed by atoms with Crippen molar-refractivity contribution in [3.8, 4) is 0 Å². The molecular formula is C2H7NOS. The fraction of sp³-hybridized carbons (Fsp3) is 1.00. The standard InChI is InChI=1S/C2H7NOS/c1-3(4)5-2/h4H,1-2H3. The molecule has 0 amide bonds. The average Bonchev–Trinajstić information content (AvgIpc) is 1.38. The molecular weight excluding hydrogens is 86.1 g/mol. The van der Waals surface area contributed by atoms with Crippen LogP contribution in [0.3, 0.4) is 0 Å². The smallest absolute Gasteiger partial charge is 0.0240 e. The molecule has 5 heavy (non-hydrogen) atoms. The highest BCUT2D eigenvalue weighted by Crippen LogP contribution is 1.90. The lowest BCUT2D eigenvalue weighted by Gasteiger charge is -1.96. The van der Waals surface area contributed by atoms with Gasteiger partial charge in [-0.3, -0.25) is 0 Å². The number of hydroxylamine groups is 1. The molecule has 0 bridgehead atoms. The van der Waals surface area contributed by atoms with Gasteiger partial charge in [-0.1, -0.05) is 11.9 Å². The van der Waals surface area contributed by atoms with Gasteiger partial charge in [0.1, 0.15) is 0 Å². The molecule has 0 spiro atoms. The monoisotopic (exact) mass is 93.0 g/mol. The number of hydrogen-bond acceptors (Lipinski definition) is 3. The molecule has 0 radical (unpaired) electrons. The predicted molar refractivity (Wildman–Crippen MR) is 23.1 cm³/mol. The second-order valence-electron chi connectivity index (χ2n) is 0.647. The summed E-state index contributed by atoms with van der Waals surface area (Å²) in [6, 6.07) is 0. The minimum absolute atomic E-state index is 1.04. The maximum absolute atomic E-state index is 8.16. The Balaban J connectivity index is 2.54. The fourth-order valence-electron chi connectivity index (χ4n) is 0. The summed E-state index contributed by atoms with van der Waals surface area (Å²) in [5.74, 6) is 0. The summed E-state index contributed by atoms with van der Waals surface area (Å²) in [4.78, 5) is 0. The highest BCUT2D eigenvalue weighted by atomic mass is 32.2. The molecule has 0 heterocycles. The van der Waals surface area contributed by atoms with Gasteiger partial charge in [0.25, 0.3) is 0 Å². The summed E-state index contributed by atoms with van der Waals surface area (Å²) in [5.41, 5.74) is 0. The van der Waals surface area contributed by atoms with E-state index in [1.165, 1.54) is 11.9 Å². The third-order valence-electron chi connectivity index (χ3n) is 0.264. The van der Waals surface area contributed by atoms with E-state index in [-0.39, 0.29) is 0 Å². The van der Waals surface area contributed by atoms with Crippen LogP contribution in [0.2, 0.25) is 0 Å². The SMILES string of the molecule is CSN(C)O. The summed E-state index contributed by atoms with van der Waals surface area (Å²) >= 11 is 1.27. The van der Waals surface area contributed by atoms with Crippen molar-refractivity contribution in [3.63, 3.8) is 0 Å². The molecule has 0 fully saturated rings. The highest BCUT2D eigenvalue weighted by Gasteiger charge is 1.75. The van der Waals surface area contributed by atoms with Gasteiger partial charge in [-0.25, -0.2) is 0 Å². The van der Waals surface area contributed by atoms with E-state index in [1.807, 2.05) is 0 Å². The number of hydrogen-bond donors (Lipinski definition) is 1. The second kappa shape index (κ2) is 2.50. The van der Waals surface area contributed by atoms with Crippen molar-refractivity contribution in [2.45, 2.75) is 0 Å². The zero-order chi connectivity index (χ0) is 4.28. The lowest BCUT2D eigenvalue weighted by atomic mass is 11.6. The molecule has 1 N–H and O–H groups in total. The van der Waals surface area contributed by atoms with E-state index in [2.05, 4.69) is 0 Å². The maximum Gasteiger partial charge on any atom is 0.0240 e. The van der Waals surface area contributed by atoms with Gasteiger partial charge in [0, 0.05) is 7.05 Å². The van der Waals surface area contributed by atoms with Crippen LogP contribution < -0.4 is 0 Å². The Bertz CT molecular complexity index is 23.6. The molecule has 0 saturated heterocycles. The highest BCUT2D eigenvalue weighted by molar-refractivity contribution is 7.96. The molecule has 0 saturated carbocycles. The van der Waals surface area contributed by atoms with Gasteiger partial charge in [-0.15, -0.1) is 4.47 Å². The van der Waals surface area contributed by atoms with Crippen LogP contribution in [-0.4, -0.2) is 23.0 Å². The molecule has 32 valence electrons. The van der Waals surface area contributed by atoms with Crippen molar-refractivity contribution in [2.24, 2.45) is 0 Å². The lowest BCUT2D eigenvalue weighted by molar-refractivity contribution is 0.0460. The van der Waals surface area contributed by atoms with E-state index in [0.717, 1.165) is 4.47 Å². The Kier molecular flexibility index (Phi) is 2.64. The summed E-state index contributed by atoms with van der Waals surface area (Å²) in [5, 5.41) is 8.16. The largest absolute Gasteiger partial charge is 0.304 e. The van der Waals surface area contributed by atoms with Gasteiger partial charge in [-0.2, -0.15) is 0 Å². The van der Waals surface area contributed by atoms with E-state index in [4.69, 9.17) is 5.21 Å². The maximum atomic E-state index is 8.16. The molecule has 0 aliphatic carbocycles. The van der Waals surface area contributed by atoms with Gasteiger partial charge in [0.05, 0.1) is 0 Å². The van der Waals surface area contributed by atoms with Crippen molar-refractivity contribution in [3.05, 3.63) is 0 Å². The normalized spacial score (nSPS) is 9.60. The topological polar surface area (TPSA) is 23.5 Å². The summed E-state index contributed by atoms with van der Waals surface area (Å²) in [7, 11) is 1.57. The molecule has 0 unspecified atom stereocenters. The Morgan fingerprint density at radius 3 is 2.00 bits per heavy atom. The zero-order valence-electron chi connectivity index (χ0n) is 3.30. The van der Waals surface area contributed by atoms with E-state index in [1.54, 1.807) is 13.3 Å². The minimum Gasteiger partial charge on any atom is -0.304 e. The van der Waals surface area contributed by atoms with Gasteiger partial charge >= 0.3 is 0 Å². The third-order valence-corrected chi connectivity index (χ3v) is 0.793. The first kappa shape index (κ1) is 5.27. The average molecular weight is 93.2 g/mol. The summed E-state index contributed by atoms with van der Waals surface area (Å²) in [6.45, 7) is 0. The Morgan fingerprint density at radius 2 is 2.00 bits per heavy atom. The van der Waals surface area contributed by atoms with Gasteiger partial charge in [0.2, 0.25) is 0 Å². The van der Waals surface area contributed by atoms with Crippen LogP contribution in [0.1, 0.15) is 0 Å². The molecule has 0 atom stereocenters. The minimum atomic E-state index is 1.04. The molecule has 0 rings (SSSR count). The van der Waals surface area contributed by atoms with Crippen molar-refractivity contribution in [1.82, 2.24) is 4.47 Å². The predicted octanol–water partition coefficient (Wildman–Crippen LogP) is 0.585.